The van der Waals surface area contributed by atoms with Crippen LogP contribution in [0.15, 0.2) is 24.3 Å². The first kappa shape index (κ1) is 13.3. The van der Waals surface area contributed by atoms with Gasteiger partial charge in [-0.1, -0.05) is 44.7 Å². The topological polar surface area (TPSA) is 29.3 Å². The first-order valence-electron chi connectivity index (χ1n) is 7.44. The van der Waals surface area contributed by atoms with E-state index >= 15 is 0 Å². The lowest BCUT2D eigenvalue weighted by Gasteiger charge is -2.34. The summed E-state index contributed by atoms with van der Waals surface area (Å²) in [5.74, 6) is 0. The monoisotopic (exact) mass is 246 g/mol. The zero-order valence-corrected chi connectivity index (χ0v) is 11.6. The molecule has 2 N–H and O–H groups in total. The number of anilines is 2. The van der Waals surface area contributed by atoms with Crippen molar-refractivity contribution in [2.24, 2.45) is 0 Å². The molecule has 1 fully saturated rings. The molecule has 2 heteroatoms. The third kappa shape index (κ3) is 3.18. The average Bonchev–Trinajstić information content (AvgIpc) is 2.66. The second-order valence-electron chi connectivity index (χ2n) is 5.40. The van der Waals surface area contributed by atoms with E-state index in [9.17, 15) is 0 Å². The molecule has 0 unspecified atom stereocenters. The van der Waals surface area contributed by atoms with E-state index in [2.05, 4.69) is 24.0 Å². The molecule has 0 bridgehead atoms. The van der Waals surface area contributed by atoms with E-state index in [1.807, 2.05) is 12.1 Å². The Morgan fingerprint density at radius 3 is 2.39 bits per heavy atom. The highest BCUT2D eigenvalue weighted by molar-refractivity contribution is 5.67. The largest absolute Gasteiger partial charge is 0.397 e. The van der Waals surface area contributed by atoms with Gasteiger partial charge in [-0.25, -0.2) is 0 Å². The van der Waals surface area contributed by atoms with Gasteiger partial charge in [0.1, 0.15) is 0 Å². The maximum Gasteiger partial charge on any atom is 0.0602 e. The minimum Gasteiger partial charge on any atom is -0.397 e. The van der Waals surface area contributed by atoms with Gasteiger partial charge in [0.25, 0.3) is 0 Å². The number of nitrogens with two attached hydrogens (primary N) is 1. The molecule has 0 saturated heterocycles. The van der Waals surface area contributed by atoms with Crippen LogP contribution in [0.2, 0.25) is 0 Å². The standard InChI is InChI=1S/C16H26N2/c1-2-13-18(14-9-5-3-4-6-10-14)16-12-8-7-11-15(16)17/h7-8,11-12,14H,2-6,9-10,13,17H2,1H3. The van der Waals surface area contributed by atoms with Crippen LogP contribution in [0, 0.1) is 0 Å². The Labute approximate surface area is 111 Å². The quantitative estimate of drug-likeness (QED) is 0.637. The first-order valence-corrected chi connectivity index (χ1v) is 7.44. The van der Waals surface area contributed by atoms with Crippen LogP contribution in [0.25, 0.3) is 0 Å². The van der Waals surface area contributed by atoms with Crippen LogP contribution in [0.1, 0.15) is 51.9 Å². The second-order valence-corrected chi connectivity index (χ2v) is 5.40. The molecule has 1 aliphatic rings. The van der Waals surface area contributed by atoms with Gasteiger partial charge in [0.05, 0.1) is 11.4 Å². The number of para-hydroxylation sites is 2. The Morgan fingerprint density at radius 2 is 1.78 bits per heavy atom. The van der Waals surface area contributed by atoms with Gasteiger partial charge in [0.15, 0.2) is 0 Å². The van der Waals surface area contributed by atoms with Crippen molar-refractivity contribution in [2.45, 2.75) is 57.9 Å². The number of benzene rings is 1. The van der Waals surface area contributed by atoms with E-state index in [1.165, 1.54) is 50.6 Å². The van der Waals surface area contributed by atoms with Crippen LogP contribution in [-0.2, 0) is 0 Å². The number of hydrogen-bond donors (Lipinski definition) is 1. The summed E-state index contributed by atoms with van der Waals surface area (Å²) in [6.45, 7) is 3.38. The first-order chi connectivity index (χ1) is 8.83. The zero-order chi connectivity index (χ0) is 12.8. The van der Waals surface area contributed by atoms with Gasteiger partial charge in [0, 0.05) is 12.6 Å². The predicted molar refractivity (Wildman–Crippen MR) is 80.0 cm³/mol. The molecule has 0 aliphatic heterocycles. The lowest BCUT2D eigenvalue weighted by molar-refractivity contribution is 0.523. The van der Waals surface area contributed by atoms with Gasteiger partial charge in [-0.15, -0.1) is 0 Å². The van der Waals surface area contributed by atoms with Crippen LogP contribution < -0.4 is 10.6 Å². The molecule has 2 rings (SSSR count). The number of nitrogen functional groups attached to an aromatic ring is 1. The second kappa shape index (κ2) is 6.67. The normalized spacial score (nSPS) is 17.4. The third-order valence-electron chi connectivity index (χ3n) is 3.98. The Kier molecular flexibility index (Phi) is 4.91. The van der Waals surface area contributed by atoms with Crippen LogP contribution in [0.4, 0.5) is 11.4 Å². The lowest BCUT2D eigenvalue weighted by atomic mass is 10.1. The average molecular weight is 246 g/mol. The summed E-state index contributed by atoms with van der Waals surface area (Å²) < 4.78 is 0. The van der Waals surface area contributed by atoms with Crippen molar-refractivity contribution in [3.8, 4) is 0 Å². The summed E-state index contributed by atoms with van der Waals surface area (Å²) in [6, 6.07) is 9.02. The fourth-order valence-electron chi connectivity index (χ4n) is 3.06. The zero-order valence-electron chi connectivity index (χ0n) is 11.6. The number of rotatable bonds is 4. The van der Waals surface area contributed by atoms with Crippen molar-refractivity contribution in [1.29, 1.82) is 0 Å². The molecular weight excluding hydrogens is 220 g/mol. The molecule has 100 valence electrons. The van der Waals surface area contributed by atoms with Gasteiger partial charge in [-0.2, -0.15) is 0 Å². The van der Waals surface area contributed by atoms with Crippen LogP contribution in [0.5, 0.6) is 0 Å². The maximum atomic E-state index is 6.16. The van der Waals surface area contributed by atoms with E-state index in [4.69, 9.17) is 5.73 Å². The number of nitrogens with zero attached hydrogens (tertiary/aromatic N) is 1. The van der Waals surface area contributed by atoms with Gasteiger partial charge >= 0.3 is 0 Å². The molecule has 18 heavy (non-hydrogen) atoms. The highest BCUT2D eigenvalue weighted by Crippen LogP contribution is 2.30. The van der Waals surface area contributed by atoms with Crippen molar-refractivity contribution in [2.75, 3.05) is 17.2 Å². The number of hydrogen-bond acceptors (Lipinski definition) is 2. The Morgan fingerprint density at radius 1 is 1.11 bits per heavy atom. The molecule has 0 aromatic heterocycles. The highest BCUT2D eigenvalue weighted by atomic mass is 15.2. The van der Waals surface area contributed by atoms with Gasteiger partial charge in [-0.3, -0.25) is 0 Å². The Bertz CT molecular complexity index is 354. The SMILES string of the molecule is CCCN(c1ccccc1N)C1CCCCCC1. The predicted octanol–water partition coefficient (Wildman–Crippen LogP) is 4.21. The van der Waals surface area contributed by atoms with E-state index < -0.39 is 0 Å². The maximum absolute atomic E-state index is 6.16. The fourth-order valence-corrected chi connectivity index (χ4v) is 3.06. The van der Waals surface area contributed by atoms with E-state index in [1.54, 1.807) is 0 Å². The minimum absolute atomic E-state index is 0.692. The molecule has 0 atom stereocenters. The summed E-state index contributed by atoms with van der Waals surface area (Å²) in [7, 11) is 0. The Balaban J connectivity index is 2.18. The summed E-state index contributed by atoms with van der Waals surface area (Å²) in [4.78, 5) is 2.56. The molecule has 0 amide bonds. The van der Waals surface area contributed by atoms with Crippen LogP contribution in [-0.4, -0.2) is 12.6 Å². The van der Waals surface area contributed by atoms with E-state index in [-0.39, 0.29) is 0 Å². The van der Waals surface area contributed by atoms with E-state index in [0.29, 0.717) is 6.04 Å². The van der Waals surface area contributed by atoms with Crippen molar-refractivity contribution >= 4 is 11.4 Å². The Hall–Kier alpha value is -1.18. The molecular formula is C16H26N2. The molecule has 2 nitrogen and oxygen atoms in total. The van der Waals surface area contributed by atoms with Crippen LogP contribution >= 0.6 is 0 Å². The summed E-state index contributed by atoms with van der Waals surface area (Å²) in [5, 5.41) is 0. The van der Waals surface area contributed by atoms with Crippen molar-refractivity contribution in [1.82, 2.24) is 0 Å². The van der Waals surface area contributed by atoms with Crippen molar-refractivity contribution in [3.05, 3.63) is 24.3 Å². The van der Waals surface area contributed by atoms with Crippen LogP contribution in [0.3, 0.4) is 0 Å². The van der Waals surface area contributed by atoms with Gasteiger partial charge in [0.2, 0.25) is 0 Å². The summed E-state index contributed by atoms with van der Waals surface area (Å²) in [5.41, 5.74) is 8.32. The summed E-state index contributed by atoms with van der Waals surface area (Å²) >= 11 is 0. The molecule has 1 aromatic rings. The highest BCUT2D eigenvalue weighted by Gasteiger charge is 2.20. The molecule has 1 saturated carbocycles. The van der Waals surface area contributed by atoms with E-state index in [0.717, 1.165) is 12.2 Å². The molecule has 0 spiro atoms. The molecule has 1 aliphatic carbocycles. The van der Waals surface area contributed by atoms with Crippen molar-refractivity contribution < 1.29 is 0 Å². The van der Waals surface area contributed by atoms with Crippen molar-refractivity contribution in [3.63, 3.8) is 0 Å². The lowest BCUT2D eigenvalue weighted by Crippen LogP contribution is -2.36. The minimum atomic E-state index is 0.692. The van der Waals surface area contributed by atoms with Gasteiger partial charge < -0.3 is 10.6 Å². The fraction of sp³-hybridized carbons (Fsp3) is 0.625. The molecule has 0 radical (unpaired) electrons. The molecule has 1 aromatic carbocycles. The smallest absolute Gasteiger partial charge is 0.0602 e. The van der Waals surface area contributed by atoms with Gasteiger partial charge in [-0.05, 0) is 31.4 Å². The summed E-state index contributed by atoms with van der Waals surface area (Å²) in [6.07, 6.45) is 9.39. The third-order valence-corrected chi connectivity index (χ3v) is 3.98. The molecule has 0 heterocycles.